The maximum atomic E-state index is 10.6. The van der Waals surface area contributed by atoms with Crippen LogP contribution in [0.1, 0.15) is 24.8 Å². The Morgan fingerprint density at radius 2 is 2.10 bits per heavy atom. The summed E-state index contributed by atoms with van der Waals surface area (Å²) in [7, 11) is 0. The van der Waals surface area contributed by atoms with Crippen molar-refractivity contribution in [2.45, 2.75) is 19.3 Å². The van der Waals surface area contributed by atoms with Crippen molar-refractivity contribution in [2.75, 3.05) is 11.9 Å². The zero-order valence-electron chi connectivity index (χ0n) is 11.6. The second-order valence-electron chi connectivity index (χ2n) is 4.81. The molecular weight excluding hydrogens is 334 g/mol. The van der Waals surface area contributed by atoms with Crippen LogP contribution in [0.3, 0.4) is 0 Å². The van der Waals surface area contributed by atoms with Crippen molar-refractivity contribution >= 4 is 27.4 Å². The number of benzene rings is 1. The number of aromatic nitrogens is 1. The van der Waals surface area contributed by atoms with Gasteiger partial charge in [0, 0.05) is 12.6 Å². The Morgan fingerprint density at radius 3 is 2.71 bits per heavy atom. The molecule has 1 heterocycles. The molecular formula is C15H16BrN3O2. The van der Waals surface area contributed by atoms with Gasteiger partial charge in [-0.2, -0.15) is 0 Å². The summed E-state index contributed by atoms with van der Waals surface area (Å²) in [4.78, 5) is 14.3. The molecule has 1 N–H and O–H groups in total. The second kappa shape index (κ2) is 7.17. The van der Waals surface area contributed by atoms with E-state index in [0.29, 0.717) is 16.2 Å². The second-order valence-corrected chi connectivity index (χ2v) is 5.66. The van der Waals surface area contributed by atoms with Crippen LogP contribution in [-0.2, 0) is 0 Å². The van der Waals surface area contributed by atoms with Crippen molar-refractivity contribution in [3.8, 4) is 0 Å². The molecule has 1 aromatic heterocycles. The van der Waals surface area contributed by atoms with Gasteiger partial charge in [0.1, 0.15) is 12.0 Å². The van der Waals surface area contributed by atoms with E-state index in [-0.39, 0.29) is 5.69 Å². The molecule has 0 saturated carbocycles. The average Bonchev–Trinajstić information content (AvgIpc) is 2.49. The van der Waals surface area contributed by atoms with E-state index in [1.807, 2.05) is 18.2 Å². The molecule has 0 radical (unpaired) electrons. The van der Waals surface area contributed by atoms with E-state index in [1.54, 1.807) is 0 Å². The Balaban J connectivity index is 1.90. The number of nitrogens with zero attached hydrogens (tertiary/aromatic N) is 2. The van der Waals surface area contributed by atoms with Crippen LogP contribution in [0, 0.1) is 10.1 Å². The lowest BCUT2D eigenvalue weighted by molar-refractivity contribution is -0.385. The van der Waals surface area contributed by atoms with Gasteiger partial charge in [-0.15, -0.1) is 0 Å². The first kappa shape index (κ1) is 15.4. The summed E-state index contributed by atoms with van der Waals surface area (Å²) in [5.74, 6) is 1.07. The molecule has 1 unspecified atom stereocenters. The summed E-state index contributed by atoms with van der Waals surface area (Å²) in [5, 5.41) is 13.8. The Kier molecular flexibility index (Phi) is 5.27. The van der Waals surface area contributed by atoms with E-state index in [0.717, 1.165) is 13.0 Å². The fraction of sp³-hybridized carbons (Fsp3) is 0.267. The van der Waals surface area contributed by atoms with Crippen molar-refractivity contribution in [1.82, 2.24) is 4.98 Å². The Morgan fingerprint density at radius 1 is 1.38 bits per heavy atom. The van der Waals surface area contributed by atoms with Crippen LogP contribution in [0.2, 0.25) is 0 Å². The van der Waals surface area contributed by atoms with Gasteiger partial charge in [-0.05, 0) is 33.8 Å². The van der Waals surface area contributed by atoms with Gasteiger partial charge in [-0.25, -0.2) is 4.98 Å². The fourth-order valence-corrected chi connectivity index (χ4v) is 2.49. The molecule has 110 valence electrons. The minimum absolute atomic E-state index is 0.0231. The third-order valence-corrected chi connectivity index (χ3v) is 3.88. The molecule has 0 saturated heterocycles. The summed E-state index contributed by atoms with van der Waals surface area (Å²) >= 11 is 3.30. The van der Waals surface area contributed by atoms with Gasteiger partial charge >= 0.3 is 0 Å². The molecule has 2 aromatic rings. The summed E-state index contributed by atoms with van der Waals surface area (Å²) in [5.41, 5.74) is 1.28. The third kappa shape index (κ3) is 4.26. The van der Waals surface area contributed by atoms with Crippen molar-refractivity contribution < 1.29 is 4.92 Å². The molecule has 0 amide bonds. The maximum Gasteiger partial charge on any atom is 0.288 e. The number of nitrogens with one attached hydrogen (secondary N) is 1. The summed E-state index contributed by atoms with van der Waals surface area (Å²) < 4.78 is 0.601. The molecule has 1 atom stereocenters. The molecule has 21 heavy (non-hydrogen) atoms. The highest BCUT2D eigenvalue weighted by Crippen LogP contribution is 2.25. The van der Waals surface area contributed by atoms with Crippen LogP contribution in [0.5, 0.6) is 0 Å². The number of halogens is 1. The van der Waals surface area contributed by atoms with Gasteiger partial charge in [0.05, 0.1) is 9.40 Å². The number of anilines is 1. The fourth-order valence-electron chi connectivity index (χ4n) is 2.01. The van der Waals surface area contributed by atoms with Crippen LogP contribution in [0.15, 0.2) is 47.1 Å². The molecule has 0 spiro atoms. The lowest BCUT2D eigenvalue weighted by Gasteiger charge is -2.13. The first-order chi connectivity index (χ1) is 10.1. The average molecular weight is 350 g/mol. The van der Waals surface area contributed by atoms with Gasteiger partial charge in [0.2, 0.25) is 0 Å². The van der Waals surface area contributed by atoms with Crippen molar-refractivity contribution in [2.24, 2.45) is 0 Å². The minimum Gasteiger partial charge on any atom is -0.369 e. The third-order valence-electron chi connectivity index (χ3n) is 3.28. The quantitative estimate of drug-likeness (QED) is 0.621. The summed E-state index contributed by atoms with van der Waals surface area (Å²) in [6.45, 7) is 2.93. The van der Waals surface area contributed by atoms with Crippen LogP contribution in [0.25, 0.3) is 0 Å². The minimum atomic E-state index is -0.459. The van der Waals surface area contributed by atoms with E-state index in [4.69, 9.17) is 0 Å². The van der Waals surface area contributed by atoms with E-state index in [1.165, 1.54) is 17.8 Å². The van der Waals surface area contributed by atoms with E-state index >= 15 is 0 Å². The Labute approximate surface area is 131 Å². The van der Waals surface area contributed by atoms with E-state index < -0.39 is 4.92 Å². The van der Waals surface area contributed by atoms with Gasteiger partial charge in [0.15, 0.2) is 0 Å². The zero-order chi connectivity index (χ0) is 15.2. The normalized spacial score (nSPS) is 11.9. The lowest BCUT2D eigenvalue weighted by Crippen LogP contribution is -2.07. The number of pyridine rings is 1. The standard InChI is InChI=1S/C15H16BrN3O2/c1-11(12-5-3-2-4-6-12)7-8-17-15-14(16)9-13(10-18-15)19(20)21/h2-6,9-11H,7-8H2,1H3,(H,17,18). The summed E-state index contributed by atoms with van der Waals surface area (Å²) in [6, 6.07) is 11.8. The number of hydrogen-bond donors (Lipinski definition) is 1. The number of nitro groups is 1. The van der Waals surface area contributed by atoms with Gasteiger partial charge in [-0.1, -0.05) is 37.3 Å². The molecule has 0 aliphatic heterocycles. The van der Waals surface area contributed by atoms with Crippen LogP contribution < -0.4 is 5.32 Å². The Bertz CT molecular complexity index is 620. The molecule has 6 heteroatoms. The smallest absolute Gasteiger partial charge is 0.288 e. The largest absolute Gasteiger partial charge is 0.369 e. The monoisotopic (exact) mass is 349 g/mol. The molecule has 0 bridgehead atoms. The molecule has 0 fully saturated rings. The van der Waals surface area contributed by atoms with Crippen molar-refractivity contribution in [3.63, 3.8) is 0 Å². The van der Waals surface area contributed by atoms with E-state index in [9.17, 15) is 10.1 Å². The van der Waals surface area contributed by atoms with Crippen LogP contribution in [0.4, 0.5) is 11.5 Å². The molecule has 2 rings (SSSR count). The van der Waals surface area contributed by atoms with Gasteiger partial charge < -0.3 is 5.32 Å². The van der Waals surface area contributed by atoms with Gasteiger partial charge in [-0.3, -0.25) is 10.1 Å². The zero-order valence-corrected chi connectivity index (χ0v) is 13.2. The predicted molar refractivity (Wildman–Crippen MR) is 86.6 cm³/mol. The molecule has 0 aliphatic carbocycles. The highest BCUT2D eigenvalue weighted by atomic mass is 79.9. The lowest BCUT2D eigenvalue weighted by atomic mass is 9.98. The number of hydrogen-bond acceptors (Lipinski definition) is 4. The maximum absolute atomic E-state index is 10.6. The van der Waals surface area contributed by atoms with E-state index in [2.05, 4.69) is 45.3 Å². The molecule has 0 aliphatic rings. The van der Waals surface area contributed by atoms with Crippen molar-refractivity contribution in [3.05, 3.63) is 62.7 Å². The first-order valence-corrected chi connectivity index (χ1v) is 7.46. The first-order valence-electron chi connectivity index (χ1n) is 6.66. The summed E-state index contributed by atoms with van der Waals surface area (Å²) in [6.07, 6.45) is 2.21. The predicted octanol–water partition coefficient (Wildman–Crippen LogP) is 4.36. The van der Waals surface area contributed by atoms with Gasteiger partial charge in [0.25, 0.3) is 5.69 Å². The topological polar surface area (TPSA) is 68.1 Å². The highest BCUT2D eigenvalue weighted by Gasteiger charge is 2.11. The van der Waals surface area contributed by atoms with Crippen LogP contribution >= 0.6 is 15.9 Å². The number of rotatable bonds is 6. The highest BCUT2D eigenvalue weighted by molar-refractivity contribution is 9.10. The van der Waals surface area contributed by atoms with Crippen LogP contribution in [-0.4, -0.2) is 16.5 Å². The van der Waals surface area contributed by atoms with Crippen molar-refractivity contribution in [1.29, 1.82) is 0 Å². The Hall–Kier alpha value is -1.95. The molecule has 5 nitrogen and oxygen atoms in total. The molecule has 1 aromatic carbocycles. The SMILES string of the molecule is CC(CCNc1ncc([N+](=O)[O-])cc1Br)c1ccccc1.